The van der Waals surface area contributed by atoms with Crippen LogP contribution in [0.3, 0.4) is 0 Å². The molecule has 0 N–H and O–H groups in total. The molecule has 0 fully saturated rings. The quantitative estimate of drug-likeness (QED) is 0.0451. The zero-order valence-corrected chi connectivity index (χ0v) is 33.9. The van der Waals surface area contributed by atoms with E-state index in [4.69, 9.17) is 32.7 Å². The van der Waals surface area contributed by atoms with E-state index in [0.29, 0.717) is 13.2 Å². The third kappa shape index (κ3) is 40.5. The molecule has 0 aromatic heterocycles. The minimum absolute atomic E-state index is 0. The number of rotatable bonds is 28. The van der Waals surface area contributed by atoms with Gasteiger partial charge in [0.05, 0.1) is 13.2 Å². The summed E-state index contributed by atoms with van der Waals surface area (Å²) >= 11 is 12.8. The Kier molecular flexibility index (Phi) is 41.1. The van der Waals surface area contributed by atoms with Gasteiger partial charge in [-0.15, -0.1) is 22.8 Å². The molecular formula is C28H60O4P2S4Zn. The van der Waals surface area contributed by atoms with Gasteiger partial charge in [-0.1, -0.05) is 154 Å². The van der Waals surface area contributed by atoms with Crippen molar-refractivity contribution in [1.82, 2.24) is 0 Å². The molecule has 39 heavy (non-hydrogen) atoms. The zero-order chi connectivity index (χ0) is 28.8. The topological polar surface area (TPSA) is 64.6 Å². The molecule has 0 saturated heterocycles. The average Bonchev–Trinajstić information content (AvgIpc) is 2.87. The van der Waals surface area contributed by atoms with E-state index in [1.807, 2.05) is 0 Å². The maximum Gasteiger partial charge on any atom is 2.00 e. The molecule has 232 valence electrons. The van der Waals surface area contributed by atoms with Crippen molar-refractivity contribution in [3.63, 3.8) is 0 Å². The molecular weight excluding hydrogens is 656 g/mol. The van der Waals surface area contributed by atoms with E-state index in [9.17, 15) is 9.79 Å². The van der Waals surface area contributed by atoms with E-state index in [2.05, 4.69) is 27.7 Å². The Labute approximate surface area is 275 Å². The molecule has 0 aliphatic carbocycles. The van der Waals surface area contributed by atoms with Crippen molar-refractivity contribution >= 4 is 57.8 Å². The summed E-state index contributed by atoms with van der Waals surface area (Å²) in [7, 11) is 0. The standard InChI is InChI=1S/2C14H31O2PS2.Zn/c2*1-3-5-7-9-10-11-13-16-17(15,18)19-14-12-8-6-4-2;/h2*3-14H2,1-2H3,(H,15,18);/q;;+2/p-2. The minimum Gasteiger partial charge on any atom is -0.793 e. The van der Waals surface area contributed by atoms with E-state index >= 15 is 0 Å². The fourth-order valence-electron chi connectivity index (χ4n) is 3.60. The van der Waals surface area contributed by atoms with Crippen molar-refractivity contribution in [3.8, 4) is 0 Å². The summed E-state index contributed by atoms with van der Waals surface area (Å²) < 4.78 is 10.8. The van der Waals surface area contributed by atoms with Gasteiger partial charge in [-0.3, -0.25) is 0 Å². The number of hydrogen-bond donors (Lipinski definition) is 0. The molecule has 0 spiro atoms. The second-order valence-corrected chi connectivity index (χ2v) is 22.2. The molecule has 0 radical (unpaired) electrons. The molecule has 11 heteroatoms. The Morgan fingerprint density at radius 1 is 0.462 bits per heavy atom. The van der Waals surface area contributed by atoms with Crippen LogP contribution in [-0.2, 0) is 52.1 Å². The Hall–Kier alpha value is 2.46. The molecule has 0 amide bonds. The maximum absolute atomic E-state index is 11.9. The third-order valence-corrected chi connectivity index (χ3v) is 14.7. The van der Waals surface area contributed by atoms with E-state index in [1.54, 1.807) is 0 Å². The van der Waals surface area contributed by atoms with Crippen molar-refractivity contribution in [2.24, 2.45) is 0 Å². The number of unbranched alkanes of at least 4 members (excludes halogenated alkanes) is 16. The zero-order valence-electron chi connectivity index (χ0n) is 25.8. The van der Waals surface area contributed by atoms with Gasteiger partial charge in [0.25, 0.3) is 0 Å². The summed E-state index contributed by atoms with van der Waals surface area (Å²) in [6.45, 7) is 9.94. The van der Waals surface area contributed by atoms with Crippen molar-refractivity contribution in [1.29, 1.82) is 0 Å². The van der Waals surface area contributed by atoms with E-state index in [1.165, 1.54) is 113 Å². The second-order valence-electron chi connectivity index (χ2n) is 9.88. The van der Waals surface area contributed by atoms with Gasteiger partial charge in [0, 0.05) is 11.4 Å². The minimum atomic E-state index is -2.80. The molecule has 0 bridgehead atoms. The largest absolute Gasteiger partial charge is 2.00 e. The van der Waals surface area contributed by atoms with Crippen molar-refractivity contribution in [2.45, 2.75) is 156 Å². The van der Waals surface area contributed by atoms with Gasteiger partial charge in [0.15, 0.2) is 0 Å². The van der Waals surface area contributed by atoms with Crippen LogP contribution in [0.5, 0.6) is 0 Å². The first-order valence-electron chi connectivity index (χ1n) is 15.4. The monoisotopic (exact) mass is 714 g/mol. The first-order valence-corrected chi connectivity index (χ1v) is 23.9. The van der Waals surface area contributed by atoms with Crippen LogP contribution in [-0.4, -0.2) is 24.7 Å². The van der Waals surface area contributed by atoms with Crippen LogP contribution in [0, 0.1) is 0 Å². The van der Waals surface area contributed by atoms with Gasteiger partial charge in [0.1, 0.15) is 0 Å². The Morgan fingerprint density at radius 3 is 1.03 bits per heavy atom. The SMILES string of the molecule is CCCCCCCCOP([O-])(=S)SCCCCCC.CCCCCCCCOP([O-])(=S)SCCCCCC.[Zn+2]. The predicted molar refractivity (Wildman–Crippen MR) is 180 cm³/mol. The third-order valence-electron chi connectivity index (χ3n) is 5.99. The summed E-state index contributed by atoms with van der Waals surface area (Å²) in [6.07, 6.45) is 24.1. The normalized spacial score (nSPS) is 14.1. The molecule has 0 aliphatic rings. The first kappa shape index (κ1) is 45.9. The first-order chi connectivity index (χ1) is 18.2. The maximum atomic E-state index is 11.9. The second kappa shape index (κ2) is 34.9. The average molecular weight is 716 g/mol. The molecule has 0 rings (SSSR count). The van der Waals surface area contributed by atoms with Crippen LogP contribution in [0.2, 0.25) is 0 Å². The van der Waals surface area contributed by atoms with E-state index in [-0.39, 0.29) is 19.5 Å². The Balaban J connectivity index is -0.000000648. The van der Waals surface area contributed by atoms with Gasteiger partial charge in [-0.05, 0) is 37.2 Å². The molecule has 0 aromatic carbocycles. The summed E-state index contributed by atoms with van der Waals surface area (Å²) in [5, 5.41) is 0. The smallest absolute Gasteiger partial charge is 0.793 e. The van der Waals surface area contributed by atoms with Gasteiger partial charge in [-0.25, -0.2) is 0 Å². The van der Waals surface area contributed by atoms with Crippen molar-refractivity contribution < 1.29 is 38.3 Å². The molecule has 0 saturated carbocycles. The van der Waals surface area contributed by atoms with Crippen LogP contribution in [0.15, 0.2) is 0 Å². The predicted octanol–water partition coefficient (Wildman–Crippen LogP) is 10.5. The van der Waals surface area contributed by atoms with Crippen LogP contribution < -0.4 is 9.79 Å². The fourth-order valence-corrected chi connectivity index (χ4v) is 10.4. The molecule has 0 heterocycles. The number of hydrogen-bond acceptors (Lipinski definition) is 8. The van der Waals surface area contributed by atoms with Gasteiger partial charge in [0.2, 0.25) is 0 Å². The molecule has 4 nitrogen and oxygen atoms in total. The van der Waals surface area contributed by atoms with E-state index in [0.717, 1.165) is 50.0 Å². The molecule has 2 unspecified atom stereocenters. The fraction of sp³-hybridized carbons (Fsp3) is 1.00. The Morgan fingerprint density at radius 2 is 0.718 bits per heavy atom. The summed E-state index contributed by atoms with van der Waals surface area (Å²) in [6, 6.07) is 0. The van der Waals surface area contributed by atoms with Crippen LogP contribution in [0.1, 0.15) is 156 Å². The molecule has 2 atom stereocenters. The summed E-state index contributed by atoms with van der Waals surface area (Å²) in [5.41, 5.74) is -5.61. The van der Waals surface area contributed by atoms with Crippen molar-refractivity contribution in [2.75, 3.05) is 24.7 Å². The van der Waals surface area contributed by atoms with Gasteiger partial charge in [-0.2, -0.15) is 0 Å². The van der Waals surface area contributed by atoms with Gasteiger partial charge < -0.3 is 18.8 Å². The van der Waals surface area contributed by atoms with E-state index < -0.39 is 11.4 Å². The van der Waals surface area contributed by atoms with Crippen LogP contribution >= 0.6 is 34.2 Å². The Bertz CT molecular complexity index is 530. The van der Waals surface area contributed by atoms with Crippen LogP contribution in [0.4, 0.5) is 0 Å². The molecule has 0 aromatic rings. The summed E-state index contributed by atoms with van der Waals surface area (Å²) in [4.78, 5) is 23.9. The van der Waals surface area contributed by atoms with Crippen molar-refractivity contribution in [3.05, 3.63) is 0 Å². The van der Waals surface area contributed by atoms with Crippen LogP contribution in [0.25, 0.3) is 0 Å². The summed E-state index contributed by atoms with van der Waals surface area (Å²) in [5.74, 6) is 1.74. The van der Waals surface area contributed by atoms with Gasteiger partial charge >= 0.3 is 19.5 Å². The molecule has 0 aliphatic heterocycles.